The van der Waals surface area contributed by atoms with Gasteiger partial charge in [0, 0.05) is 12.1 Å². The maximum Gasteiger partial charge on any atom is 0.309 e. The molecule has 0 fully saturated rings. The summed E-state index contributed by atoms with van der Waals surface area (Å²) in [6.45, 7) is 4.18. The number of rotatable bonds is 8. The molecule has 0 aliphatic rings. The number of pyridine rings is 1. The molecule has 35 heavy (non-hydrogen) atoms. The second-order valence-electron chi connectivity index (χ2n) is 7.51. The zero-order valence-corrected chi connectivity index (χ0v) is 20.6. The van der Waals surface area contributed by atoms with Gasteiger partial charge >= 0.3 is 10.1 Å². The predicted molar refractivity (Wildman–Crippen MR) is 132 cm³/mol. The third kappa shape index (κ3) is 4.50. The molecule has 4 aromatic rings. The molecule has 0 aliphatic carbocycles. The van der Waals surface area contributed by atoms with Crippen LogP contribution < -0.4 is 13.7 Å². The normalized spacial score (nSPS) is 11.3. The Morgan fingerprint density at radius 1 is 1.00 bits per heavy atom. The van der Waals surface area contributed by atoms with Crippen molar-refractivity contribution in [3.05, 3.63) is 54.1 Å². The number of imidazole rings is 1. The van der Waals surface area contributed by atoms with Crippen molar-refractivity contribution >= 4 is 21.2 Å². The number of para-hydroxylation sites is 2. The molecule has 2 heterocycles. The Bertz CT molecular complexity index is 1550. The summed E-state index contributed by atoms with van der Waals surface area (Å²) in [5, 5.41) is 9.91. The van der Waals surface area contributed by atoms with Gasteiger partial charge in [-0.2, -0.15) is 13.7 Å². The maximum absolute atomic E-state index is 12.0. The van der Waals surface area contributed by atoms with Crippen molar-refractivity contribution in [3.8, 4) is 46.1 Å². The Morgan fingerprint density at radius 3 is 2.43 bits per heavy atom. The summed E-state index contributed by atoms with van der Waals surface area (Å²) in [7, 11) is -0.877. The highest BCUT2D eigenvalue weighted by Gasteiger charge is 2.21. The van der Waals surface area contributed by atoms with Gasteiger partial charge in [0.15, 0.2) is 17.3 Å². The van der Waals surface area contributed by atoms with E-state index in [4.69, 9.17) is 18.6 Å². The zero-order valence-electron chi connectivity index (χ0n) is 19.8. The quantitative estimate of drug-likeness (QED) is 0.332. The second-order valence-corrected chi connectivity index (χ2v) is 9.37. The standard InChI is InChI=1S/C25H24N4O5S/c1-5-29-21-10-8-7-9-19(21)27-24(29)20-14-17(18(15-26)25(28-20)33-4)16-11-12-22(23(13-16)32-3)34-35(30,31)6-2/h7-14H,5-6H2,1-4H3. The Balaban J connectivity index is 1.93. The van der Waals surface area contributed by atoms with Crippen molar-refractivity contribution in [3.63, 3.8) is 0 Å². The number of ether oxygens (including phenoxy) is 2. The molecule has 0 aliphatic heterocycles. The molecule has 0 bridgehead atoms. The molecule has 2 aromatic carbocycles. The predicted octanol–water partition coefficient (Wildman–Crippen LogP) is 4.40. The van der Waals surface area contributed by atoms with Crippen LogP contribution in [0.25, 0.3) is 33.7 Å². The van der Waals surface area contributed by atoms with Crippen LogP contribution in [0.4, 0.5) is 0 Å². The van der Waals surface area contributed by atoms with Crippen molar-refractivity contribution in [2.45, 2.75) is 20.4 Å². The summed E-state index contributed by atoms with van der Waals surface area (Å²) in [6, 6.07) is 16.5. The second kappa shape index (κ2) is 9.64. The lowest BCUT2D eigenvalue weighted by atomic mass is 10.00. The van der Waals surface area contributed by atoms with E-state index in [1.807, 2.05) is 35.8 Å². The molecule has 0 radical (unpaired) electrons. The molecular formula is C25H24N4O5S. The zero-order chi connectivity index (χ0) is 25.2. The fourth-order valence-electron chi connectivity index (χ4n) is 3.81. The van der Waals surface area contributed by atoms with Crippen molar-refractivity contribution in [1.82, 2.24) is 14.5 Å². The van der Waals surface area contributed by atoms with Gasteiger partial charge in [-0.15, -0.1) is 0 Å². The van der Waals surface area contributed by atoms with Gasteiger partial charge in [0.2, 0.25) is 5.88 Å². The maximum atomic E-state index is 12.0. The summed E-state index contributed by atoms with van der Waals surface area (Å²) in [5.74, 6) is 0.883. The van der Waals surface area contributed by atoms with Crippen molar-refractivity contribution in [1.29, 1.82) is 5.26 Å². The summed E-state index contributed by atoms with van der Waals surface area (Å²) >= 11 is 0. The summed E-state index contributed by atoms with van der Waals surface area (Å²) in [6.07, 6.45) is 0. The molecule has 0 saturated carbocycles. The Labute approximate surface area is 203 Å². The van der Waals surface area contributed by atoms with Crippen LogP contribution in [0.15, 0.2) is 48.5 Å². The fraction of sp³-hybridized carbons (Fsp3) is 0.240. The number of fused-ring (bicyclic) bond motifs is 1. The molecule has 0 spiro atoms. The summed E-state index contributed by atoms with van der Waals surface area (Å²) in [5.41, 5.74) is 3.69. The van der Waals surface area contributed by atoms with E-state index in [0.717, 1.165) is 11.0 Å². The molecule has 9 nitrogen and oxygen atoms in total. The van der Waals surface area contributed by atoms with E-state index in [0.29, 0.717) is 29.2 Å². The minimum absolute atomic E-state index is 0.0608. The van der Waals surface area contributed by atoms with Crippen LogP contribution in [0.3, 0.4) is 0 Å². The van der Waals surface area contributed by atoms with Gasteiger partial charge in [0.05, 0.1) is 31.0 Å². The number of hydrogen-bond acceptors (Lipinski definition) is 8. The van der Waals surface area contributed by atoms with Gasteiger partial charge in [-0.05, 0) is 49.7 Å². The van der Waals surface area contributed by atoms with Crippen LogP contribution in [0.2, 0.25) is 0 Å². The van der Waals surface area contributed by atoms with E-state index in [-0.39, 0.29) is 28.7 Å². The van der Waals surface area contributed by atoms with E-state index in [1.165, 1.54) is 27.2 Å². The number of benzene rings is 2. The average molecular weight is 493 g/mol. The van der Waals surface area contributed by atoms with Crippen LogP contribution in [-0.2, 0) is 16.7 Å². The Morgan fingerprint density at radius 2 is 1.77 bits per heavy atom. The van der Waals surface area contributed by atoms with Gasteiger partial charge in [-0.25, -0.2) is 9.97 Å². The number of nitriles is 1. The smallest absolute Gasteiger partial charge is 0.309 e. The first-order valence-electron chi connectivity index (χ1n) is 10.9. The average Bonchev–Trinajstić information content (AvgIpc) is 3.26. The third-order valence-corrected chi connectivity index (χ3v) is 6.68. The SMILES string of the molecule is CCn1c(-c2cc(-c3ccc(OS(=O)(=O)CC)c(OC)c3)c(C#N)c(OC)n2)nc2ccccc21. The van der Waals surface area contributed by atoms with E-state index >= 15 is 0 Å². The molecule has 0 N–H and O–H groups in total. The largest absolute Gasteiger partial charge is 0.493 e. The van der Waals surface area contributed by atoms with Crippen LogP contribution in [0, 0.1) is 11.3 Å². The van der Waals surface area contributed by atoms with Crippen LogP contribution in [0.1, 0.15) is 19.4 Å². The highest BCUT2D eigenvalue weighted by atomic mass is 32.2. The first-order valence-corrected chi connectivity index (χ1v) is 12.5. The molecule has 10 heteroatoms. The van der Waals surface area contributed by atoms with E-state index < -0.39 is 10.1 Å². The van der Waals surface area contributed by atoms with Gasteiger partial charge < -0.3 is 18.2 Å². The van der Waals surface area contributed by atoms with Gasteiger partial charge in [-0.1, -0.05) is 18.2 Å². The molecule has 0 amide bonds. The number of methoxy groups -OCH3 is 2. The number of nitrogens with zero attached hydrogens (tertiary/aromatic N) is 4. The van der Waals surface area contributed by atoms with Crippen molar-refractivity contribution in [2.75, 3.05) is 20.0 Å². The molecule has 0 saturated heterocycles. The molecular weight excluding hydrogens is 468 g/mol. The minimum atomic E-state index is -3.74. The lowest BCUT2D eigenvalue weighted by Crippen LogP contribution is -2.12. The van der Waals surface area contributed by atoms with E-state index in [9.17, 15) is 13.7 Å². The topological polar surface area (TPSA) is 116 Å². The summed E-state index contributed by atoms with van der Waals surface area (Å²) in [4.78, 5) is 9.35. The van der Waals surface area contributed by atoms with Gasteiger partial charge in [-0.3, -0.25) is 0 Å². The summed E-state index contributed by atoms with van der Waals surface area (Å²) < 4.78 is 42.0. The minimum Gasteiger partial charge on any atom is -0.493 e. The van der Waals surface area contributed by atoms with E-state index in [1.54, 1.807) is 18.2 Å². The van der Waals surface area contributed by atoms with Crippen LogP contribution in [0.5, 0.6) is 17.4 Å². The monoisotopic (exact) mass is 492 g/mol. The lowest BCUT2D eigenvalue weighted by molar-refractivity contribution is 0.391. The van der Waals surface area contributed by atoms with Crippen molar-refractivity contribution < 1.29 is 22.1 Å². The molecule has 4 rings (SSSR count). The number of hydrogen-bond donors (Lipinski definition) is 0. The number of aromatic nitrogens is 3. The van der Waals surface area contributed by atoms with Crippen LogP contribution in [-0.4, -0.2) is 42.9 Å². The first kappa shape index (κ1) is 24.0. The van der Waals surface area contributed by atoms with Gasteiger partial charge in [0.25, 0.3) is 0 Å². The molecule has 2 aromatic heterocycles. The molecule has 0 atom stereocenters. The molecule has 0 unspecified atom stereocenters. The van der Waals surface area contributed by atoms with Crippen molar-refractivity contribution in [2.24, 2.45) is 0 Å². The van der Waals surface area contributed by atoms with Crippen LogP contribution >= 0.6 is 0 Å². The van der Waals surface area contributed by atoms with E-state index in [2.05, 4.69) is 11.1 Å². The molecule has 180 valence electrons. The lowest BCUT2D eigenvalue weighted by Gasteiger charge is -2.14. The fourth-order valence-corrected chi connectivity index (χ4v) is 4.34. The highest BCUT2D eigenvalue weighted by molar-refractivity contribution is 7.87. The highest BCUT2D eigenvalue weighted by Crippen LogP contribution is 2.38. The van der Waals surface area contributed by atoms with Gasteiger partial charge in [0.1, 0.15) is 17.3 Å². The Hall–Kier alpha value is -4.10. The Kier molecular flexibility index (Phi) is 6.62. The third-order valence-electron chi connectivity index (χ3n) is 5.54. The number of aryl methyl sites for hydroxylation is 1. The first-order chi connectivity index (χ1) is 16.8.